The first-order valence-electron chi connectivity index (χ1n) is 9.41. The third-order valence-electron chi connectivity index (χ3n) is 4.52. The lowest BCUT2D eigenvalue weighted by molar-refractivity contribution is 0.197. The fourth-order valence-corrected chi connectivity index (χ4v) is 2.47. The number of rotatable bonds is 7. The highest BCUT2D eigenvalue weighted by Gasteiger charge is 2.06. The number of aryl methyl sites for hydroxylation is 4. The van der Waals surface area contributed by atoms with Crippen LogP contribution < -0.4 is 20.1 Å². The summed E-state index contributed by atoms with van der Waals surface area (Å²) < 4.78 is 10.5. The van der Waals surface area contributed by atoms with Gasteiger partial charge >= 0.3 is 12.2 Å². The van der Waals surface area contributed by atoms with Gasteiger partial charge in [0.25, 0.3) is 0 Å². The number of benzene rings is 2. The van der Waals surface area contributed by atoms with Gasteiger partial charge in [0.1, 0.15) is 11.5 Å². The molecule has 0 unspecified atom stereocenters. The van der Waals surface area contributed by atoms with E-state index in [1.54, 1.807) is 12.1 Å². The first kappa shape index (κ1) is 21.3. The Morgan fingerprint density at radius 3 is 1.43 bits per heavy atom. The summed E-state index contributed by atoms with van der Waals surface area (Å²) in [5.41, 5.74) is 4.45. The van der Waals surface area contributed by atoms with E-state index in [4.69, 9.17) is 9.47 Å². The quantitative estimate of drug-likeness (QED) is 0.685. The van der Waals surface area contributed by atoms with Gasteiger partial charge in [-0.3, -0.25) is 0 Å². The van der Waals surface area contributed by atoms with Gasteiger partial charge < -0.3 is 20.1 Å². The van der Waals surface area contributed by atoms with Crippen LogP contribution in [-0.4, -0.2) is 25.3 Å². The molecule has 6 heteroatoms. The summed E-state index contributed by atoms with van der Waals surface area (Å²) in [4.78, 5) is 23.6. The van der Waals surface area contributed by atoms with Crippen molar-refractivity contribution in [2.45, 2.75) is 40.5 Å². The van der Waals surface area contributed by atoms with E-state index in [-0.39, 0.29) is 0 Å². The van der Waals surface area contributed by atoms with Gasteiger partial charge in [-0.15, -0.1) is 0 Å². The molecular weight excluding hydrogens is 356 g/mol. The van der Waals surface area contributed by atoms with E-state index in [0.717, 1.165) is 22.3 Å². The van der Waals surface area contributed by atoms with Crippen LogP contribution in [0, 0.1) is 27.7 Å². The summed E-state index contributed by atoms with van der Waals surface area (Å²) in [6.45, 7) is 8.89. The number of carbonyl (C=O) groups excluding carboxylic acids is 2. The fourth-order valence-electron chi connectivity index (χ4n) is 2.47. The average molecular weight is 384 g/mol. The molecule has 0 fully saturated rings. The first-order chi connectivity index (χ1) is 13.3. The molecular formula is C22H28N2O4. The molecule has 0 aliphatic heterocycles. The third kappa shape index (κ3) is 6.95. The van der Waals surface area contributed by atoms with Gasteiger partial charge in [-0.05, 0) is 87.1 Å². The molecule has 2 aromatic rings. The zero-order valence-electron chi connectivity index (χ0n) is 16.9. The molecule has 0 saturated heterocycles. The molecule has 150 valence electrons. The molecule has 6 nitrogen and oxygen atoms in total. The lowest BCUT2D eigenvalue weighted by atomic mass is 10.1. The number of unbranched alkanes of at least 4 members (excludes halogenated alkanes) is 1. The average Bonchev–Trinajstić information content (AvgIpc) is 2.64. The van der Waals surface area contributed by atoms with Gasteiger partial charge in [0.15, 0.2) is 0 Å². The fraction of sp³-hybridized carbons (Fsp3) is 0.364. The highest BCUT2D eigenvalue weighted by molar-refractivity contribution is 5.71. The van der Waals surface area contributed by atoms with Crippen molar-refractivity contribution in [3.63, 3.8) is 0 Å². The Balaban J connectivity index is 1.58. The van der Waals surface area contributed by atoms with Gasteiger partial charge in [-0.1, -0.05) is 12.1 Å². The smallest absolute Gasteiger partial charge is 0.410 e. The highest BCUT2D eigenvalue weighted by atomic mass is 16.6. The van der Waals surface area contributed by atoms with Crippen molar-refractivity contribution in [3.8, 4) is 11.5 Å². The van der Waals surface area contributed by atoms with Gasteiger partial charge in [-0.25, -0.2) is 9.59 Å². The van der Waals surface area contributed by atoms with Crippen LogP contribution in [0.3, 0.4) is 0 Å². The van der Waals surface area contributed by atoms with Crippen molar-refractivity contribution >= 4 is 12.2 Å². The maximum atomic E-state index is 11.8. The summed E-state index contributed by atoms with van der Waals surface area (Å²) in [6, 6.07) is 11.0. The maximum absolute atomic E-state index is 11.8. The van der Waals surface area contributed by atoms with Gasteiger partial charge in [0.2, 0.25) is 0 Å². The predicted octanol–water partition coefficient (Wildman–Crippen LogP) is 4.58. The highest BCUT2D eigenvalue weighted by Crippen LogP contribution is 2.17. The van der Waals surface area contributed by atoms with E-state index in [1.807, 2.05) is 52.0 Å². The number of hydrogen-bond acceptors (Lipinski definition) is 4. The van der Waals surface area contributed by atoms with Gasteiger partial charge in [0.05, 0.1) is 0 Å². The lowest BCUT2D eigenvalue weighted by Crippen LogP contribution is -2.30. The molecule has 0 saturated carbocycles. The molecule has 0 bridgehead atoms. The molecule has 0 aliphatic carbocycles. The number of carbonyl (C=O) groups is 2. The number of nitrogens with one attached hydrogen (secondary N) is 2. The second-order valence-electron chi connectivity index (χ2n) is 6.83. The Morgan fingerprint density at radius 1 is 0.679 bits per heavy atom. The Morgan fingerprint density at radius 2 is 1.07 bits per heavy atom. The molecule has 0 heterocycles. The molecule has 0 radical (unpaired) electrons. The largest absolute Gasteiger partial charge is 0.412 e. The zero-order valence-corrected chi connectivity index (χ0v) is 16.9. The van der Waals surface area contributed by atoms with Crippen LogP contribution in [0.4, 0.5) is 9.59 Å². The van der Waals surface area contributed by atoms with E-state index in [0.29, 0.717) is 37.4 Å². The van der Waals surface area contributed by atoms with Gasteiger partial charge in [-0.2, -0.15) is 0 Å². The first-order valence-corrected chi connectivity index (χ1v) is 9.41. The number of ether oxygens (including phenoxy) is 2. The monoisotopic (exact) mass is 384 g/mol. The third-order valence-corrected chi connectivity index (χ3v) is 4.52. The Labute approximate surface area is 166 Å². The number of hydrogen-bond donors (Lipinski definition) is 2. The van der Waals surface area contributed by atoms with Crippen LogP contribution in [0.1, 0.15) is 35.1 Å². The minimum atomic E-state index is -0.481. The van der Waals surface area contributed by atoms with Crippen LogP contribution in [0.2, 0.25) is 0 Å². The van der Waals surface area contributed by atoms with Gasteiger partial charge in [0, 0.05) is 13.1 Å². The van der Waals surface area contributed by atoms with Crippen LogP contribution in [0.5, 0.6) is 11.5 Å². The molecule has 0 aliphatic rings. The molecule has 0 aromatic heterocycles. The van der Waals surface area contributed by atoms with E-state index >= 15 is 0 Å². The van der Waals surface area contributed by atoms with Crippen LogP contribution in [0.25, 0.3) is 0 Å². The van der Waals surface area contributed by atoms with Crippen molar-refractivity contribution in [1.82, 2.24) is 10.6 Å². The summed E-state index contributed by atoms with van der Waals surface area (Å²) in [5.74, 6) is 1.05. The molecule has 2 amide bonds. The normalized spacial score (nSPS) is 10.3. The van der Waals surface area contributed by atoms with Crippen molar-refractivity contribution in [3.05, 3.63) is 58.7 Å². The summed E-state index contributed by atoms with van der Waals surface area (Å²) in [6.07, 6.45) is 0.466. The summed E-state index contributed by atoms with van der Waals surface area (Å²) >= 11 is 0. The molecule has 2 N–H and O–H groups in total. The van der Waals surface area contributed by atoms with E-state index in [1.165, 1.54) is 0 Å². The van der Waals surface area contributed by atoms with E-state index in [9.17, 15) is 9.59 Å². The lowest BCUT2D eigenvalue weighted by Gasteiger charge is -2.09. The zero-order chi connectivity index (χ0) is 20.5. The molecule has 28 heavy (non-hydrogen) atoms. The molecule has 2 rings (SSSR count). The minimum Gasteiger partial charge on any atom is -0.410 e. The van der Waals surface area contributed by atoms with Crippen molar-refractivity contribution < 1.29 is 19.1 Å². The second kappa shape index (κ2) is 10.3. The van der Waals surface area contributed by atoms with Crippen molar-refractivity contribution in [2.75, 3.05) is 13.1 Å². The molecule has 2 aromatic carbocycles. The predicted molar refractivity (Wildman–Crippen MR) is 109 cm³/mol. The molecule has 0 atom stereocenters. The summed E-state index contributed by atoms with van der Waals surface area (Å²) in [7, 11) is 0. The SMILES string of the molecule is Cc1ccc(OC(=O)NCCCCNC(=O)Oc2ccc(C)c(C)c2)cc1C. The van der Waals surface area contributed by atoms with Crippen molar-refractivity contribution in [2.24, 2.45) is 0 Å². The van der Waals surface area contributed by atoms with Crippen molar-refractivity contribution in [1.29, 1.82) is 0 Å². The van der Waals surface area contributed by atoms with Crippen LogP contribution in [-0.2, 0) is 0 Å². The maximum Gasteiger partial charge on any atom is 0.412 e. The topological polar surface area (TPSA) is 76.7 Å². The minimum absolute atomic E-state index is 0.470. The molecule has 0 spiro atoms. The Kier molecular flexibility index (Phi) is 7.87. The van der Waals surface area contributed by atoms with Crippen LogP contribution in [0.15, 0.2) is 36.4 Å². The Hall–Kier alpha value is -3.02. The van der Waals surface area contributed by atoms with E-state index < -0.39 is 12.2 Å². The summed E-state index contributed by atoms with van der Waals surface area (Å²) in [5, 5.41) is 5.40. The standard InChI is InChI=1S/C22H28N2O4/c1-15-7-9-19(13-17(15)3)27-21(25)23-11-5-6-12-24-22(26)28-20-10-8-16(2)18(4)14-20/h7-10,13-14H,5-6,11-12H2,1-4H3,(H,23,25)(H,24,26). The second-order valence-corrected chi connectivity index (χ2v) is 6.83. The van der Waals surface area contributed by atoms with E-state index in [2.05, 4.69) is 10.6 Å². The Bertz CT molecular complexity index is 764. The number of amides is 2. The van der Waals surface area contributed by atoms with Crippen LogP contribution >= 0.6 is 0 Å².